The number of carbonyl (C=O) groups excluding carboxylic acids is 1. The summed E-state index contributed by atoms with van der Waals surface area (Å²) in [4.78, 5) is 35.8. The number of fused-ring (bicyclic) bond motifs is 1. The van der Waals surface area contributed by atoms with E-state index in [-0.39, 0.29) is 17.7 Å². The van der Waals surface area contributed by atoms with E-state index >= 15 is 0 Å². The first-order valence-electron chi connectivity index (χ1n) is 10.5. The second kappa shape index (κ2) is 10.2. The first-order valence-corrected chi connectivity index (χ1v) is 11.4. The van der Waals surface area contributed by atoms with E-state index in [1.165, 1.54) is 21.9 Å². The molecule has 4 rings (SSSR count). The Morgan fingerprint density at radius 3 is 2.81 bits per heavy atom. The second-order valence-electron chi connectivity index (χ2n) is 7.34. The monoisotopic (exact) mass is 448 g/mol. The third-order valence-electron chi connectivity index (χ3n) is 4.95. The molecule has 0 bridgehead atoms. The van der Waals surface area contributed by atoms with Crippen LogP contribution in [-0.4, -0.2) is 26.9 Å². The molecule has 0 unspecified atom stereocenters. The van der Waals surface area contributed by atoms with Crippen LogP contribution in [0.3, 0.4) is 0 Å². The SMILES string of the molecule is CCCCOc1ncccc1CNC(=O)c1cnc2sc(Cc3ccccc3)cn2c1=O. The van der Waals surface area contributed by atoms with Crippen LogP contribution in [0.15, 0.2) is 65.8 Å². The maximum Gasteiger partial charge on any atom is 0.271 e. The van der Waals surface area contributed by atoms with Gasteiger partial charge in [-0.2, -0.15) is 0 Å². The Kier molecular flexibility index (Phi) is 6.91. The van der Waals surface area contributed by atoms with Crippen LogP contribution >= 0.6 is 11.3 Å². The number of hydrogen-bond donors (Lipinski definition) is 1. The number of carbonyl (C=O) groups is 1. The minimum absolute atomic E-state index is 0.00361. The van der Waals surface area contributed by atoms with E-state index in [4.69, 9.17) is 4.74 Å². The van der Waals surface area contributed by atoms with Crippen LogP contribution in [0, 0.1) is 0 Å². The number of amides is 1. The molecule has 1 amide bonds. The molecule has 0 aliphatic carbocycles. The van der Waals surface area contributed by atoms with Crippen molar-refractivity contribution in [2.24, 2.45) is 0 Å². The molecule has 1 aromatic carbocycles. The molecular weight excluding hydrogens is 424 g/mol. The normalized spacial score (nSPS) is 10.9. The van der Waals surface area contributed by atoms with E-state index in [0.717, 1.165) is 28.8 Å². The fourth-order valence-corrected chi connectivity index (χ4v) is 4.21. The van der Waals surface area contributed by atoms with Gasteiger partial charge in [0.2, 0.25) is 5.88 Å². The Morgan fingerprint density at radius 1 is 1.16 bits per heavy atom. The summed E-state index contributed by atoms with van der Waals surface area (Å²) < 4.78 is 7.15. The van der Waals surface area contributed by atoms with Crippen molar-refractivity contribution in [3.05, 3.63) is 93.0 Å². The van der Waals surface area contributed by atoms with Gasteiger partial charge >= 0.3 is 0 Å². The van der Waals surface area contributed by atoms with Crippen molar-refractivity contribution in [1.29, 1.82) is 0 Å². The highest BCUT2D eigenvalue weighted by Crippen LogP contribution is 2.19. The zero-order chi connectivity index (χ0) is 22.3. The number of thiazole rings is 1. The maximum atomic E-state index is 12.9. The third-order valence-corrected chi connectivity index (χ3v) is 5.94. The van der Waals surface area contributed by atoms with Crippen molar-refractivity contribution in [3.8, 4) is 5.88 Å². The summed E-state index contributed by atoms with van der Waals surface area (Å²) in [5.41, 5.74) is 1.53. The minimum atomic E-state index is -0.476. The Bertz CT molecular complexity index is 1270. The average molecular weight is 449 g/mol. The van der Waals surface area contributed by atoms with Crippen molar-refractivity contribution in [2.45, 2.75) is 32.7 Å². The number of ether oxygens (including phenoxy) is 1. The number of nitrogens with zero attached hydrogens (tertiary/aromatic N) is 3. The molecule has 32 heavy (non-hydrogen) atoms. The second-order valence-corrected chi connectivity index (χ2v) is 8.44. The van der Waals surface area contributed by atoms with Crippen LogP contribution in [0.25, 0.3) is 4.96 Å². The largest absolute Gasteiger partial charge is 0.477 e. The maximum absolute atomic E-state index is 12.9. The van der Waals surface area contributed by atoms with E-state index in [0.29, 0.717) is 23.9 Å². The molecule has 164 valence electrons. The molecule has 0 saturated heterocycles. The molecule has 0 atom stereocenters. The van der Waals surface area contributed by atoms with Crippen molar-refractivity contribution in [2.75, 3.05) is 6.61 Å². The van der Waals surface area contributed by atoms with E-state index in [1.54, 1.807) is 18.5 Å². The Hall–Kier alpha value is -3.52. The summed E-state index contributed by atoms with van der Waals surface area (Å²) in [6, 6.07) is 13.7. The lowest BCUT2D eigenvalue weighted by molar-refractivity contribution is 0.0948. The molecule has 0 fully saturated rings. The molecule has 3 aromatic heterocycles. The van der Waals surface area contributed by atoms with Crippen molar-refractivity contribution in [3.63, 3.8) is 0 Å². The average Bonchev–Trinajstić information content (AvgIpc) is 3.23. The lowest BCUT2D eigenvalue weighted by Gasteiger charge is -2.10. The van der Waals surface area contributed by atoms with Crippen molar-refractivity contribution < 1.29 is 9.53 Å². The smallest absolute Gasteiger partial charge is 0.271 e. The molecule has 3 heterocycles. The van der Waals surface area contributed by atoms with Gasteiger partial charge in [0.1, 0.15) is 5.56 Å². The van der Waals surface area contributed by atoms with Crippen LogP contribution in [0.2, 0.25) is 0 Å². The van der Waals surface area contributed by atoms with Gasteiger partial charge in [0.25, 0.3) is 11.5 Å². The predicted octanol–water partition coefficient (Wildman–Crippen LogP) is 3.85. The van der Waals surface area contributed by atoms with Gasteiger partial charge in [-0.05, 0) is 18.1 Å². The molecule has 0 aliphatic heterocycles. The molecule has 0 saturated carbocycles. The van der Waals surface area contributed by atoms with Gasteiger partial charge in [0.05, 0.1) is 6.61 Å². The number of benzene rings is 1. The molecule has 4 aromatic rings. The Morgan fingerprint density at radius 2 is 2.00 bits per heavy atom. The summed E-state index contributed by atoms with van der Waals surface area (Å²) in [6.45, 7) is 2.86. The molecule has 0 spiro atoms. The number of hydrogen-bond acceptors (Lipinski definition) is 6. The third kappa shape index (κ3) is 5.03. The van der Waals surface area contributed by atoms with Gasteiger partial charge in [0, 0.05) is 42.0 Å². The number of nitrogens with one attached hydrogen (secondary N) is 1. The predicted molar refractivity (Wildman–Crippen MR) is 124 cm³/mol. The number of unbranched alkanes of at least 4 members (excludes halogenated alkanes) is 1. The Labute approximate surface area is 189 Å². The Balaban J connectivity index is 1.48. The summed E-state index contributed by atoms with van der Waals surface area (Å²) in [5.74, 6) is 0.0195. The highest BCUT2D eigenvalue weighted by molar-refractivity contribution is 7.17. The summed E-state index contributed by atoms with van der Waals surface area (Å²) in [5, 5.41) is 2.79. The fraction of sp³-hybridized carbons (Fsp3) is 0.250. The van der Waals surface area contributed by atoms with Gasteiger partial charge in [-0.25, -0.2) is 9.97 Å². The van der Waals surface area contributed by atoms with E-state index in [1.807, 2.05) is 36.4 Å². The number of pyridine rings is 1. The summed E-state index contributed by atoms with van der Waals surface area (Å²) in [7, 11) is 0. The van der Waals surface area contributed by atoms with Gasteiger partial charge in [0.15, 0.2) is 4.96 Å². The van der Waals surface area contributed by atoms with Crippen molar-refractivity contribution >= 4 is 22.2 Å². The van der Waals surface area contributed by atoms with Gasteiger partial charge in [-0.15, -0.1) is 11.3 Å². The molecule has 0 radical (unpaired) electrons. The van der Waals surface area contributed by atoms with Gasteiger partial charge in [-0.1, -0.05) is 49.7 Å². The highest BCUT2D eigenvalue weighted by atomic mass is 32.1. The van der Waals surface area contributed by atoms with E-state index in [9.17, 15) is 9.59 Å². The van der Waals surface area contributed by atoms with Crippen LogP contribution in [0.5, 0.6) is 5.88 Å². The van der Waals surface area contributed by atoms with Crippen LogP contribution in [0.4, 0.5) is 0 Å². The molecule has 7 nitrogen and oxygen atoms in total. The van der Waals surface area contributed by atoms with E-state index < -0.39 is 5.91 Å². The highest BCUT2D eigenvalue weighted by Gasteiger charge is 2.16. The standard InChI is InChI=1S/C24H24N4O3S/c1-2-3-12-31-22-18(10-7-11-25-22)14-26-21(29)20-15-27-24-28(23(20)30)16-19(32-24)13-17-8-5-4-6-9-17/h4-11,15-16H,2-3,12-14H2,1H3,(H,26,29). The number of rotatable bonds is 9. The zero-order valence-corrected chi connectivity index (χ0v) is 18.6. The summed E-state index contributed by atoms with van der Waals surface area (Å²) >= 11 is 1.44. The number of aromatic nitrogens is 3. The van der Waals surface area contributed by atoms with Crippen LogP contribution < -0.4 is 15.6 Å². The first kappa shape index (κ1) is 21.7. The fourth-order valence-electron chi connectivity index (χ4n) is 3.24. The minimum Gasteiger partial charge on any atom is -0.477 e. The lowest BCUT2D eigenvalue weighted by Crippen LogP contribution is -2.31. The van der Waals surface area contributed by atoms with Crippen LogP contribution in [-0.2, 0) is 13.0 Å². The lowest BCUT2D eigenvalue weighted by atomic mass is 10.1. The summed E-state index contributed by atoms with van der Waals surface area (Å²) in [6.07, 6.45) is 7.42. The van der Waals surface area contributed by atoms with Gasteiger partial charge in [-0.3, -0.25) is 14.0 Å². The molecule has 0 aliphatic rings. The van der Waals surface area contributed by atoms with Crippen LogP contribution in [0.1, 0.15) is 46.1 Å². The topological polar surface area (TPSA) is 85.6 Å². The quantitative estimate of drug-likeness (QED) is 0.393. The molecule has 8 heteroatoms. The van der Waals surface area contributed by atoms with Gasteiger partial charge < -0.3 is 10.1 Å². The zero-order valence-electron chi connectivity index (χ0n) is 17.8. The van der Waals surface area contributed by atoms with Crippen molar-refractivity contribution in [1.82, 2.24) is 19.7 Å². The van der Waals surface area contributed by atoms with E-state index in [2.05, 4.69) is 22.2 Å². The molecular formula is C24H24N4O3S. The molecule has 1 N–H and O–H groups in total. The first-order chi connectivity index (χ1) is 15.7.